The van der Waals surface area contributed by atoms with E-state index in [4.69, 9.17) is 10.6 Å². The summed E-state index contributed by atoms with van der Waals surface area (Å²) in [6.45, 7) is 5.91. The fourth-order valence-corrected chi connectivity index (χ4v) is 2.32. The van der Waals surface area contributed by atoms with Gasteiger partial charge in [-0.25, -0.2) is 5.84 Å². The lowest BCUT2D eigenvalue weighted by atomic mass is 9.90. The molecule has 1 aliphatic carbocycles. The number of ether oxygens (including phenoxy) is 1. The van der Waals surface area contributed by atoms with Crippen LogP contribution in [0.1, 0.15) is 52.4 Å². The minimum atomic E-state index is 0.131. The van der Waals surface area contributed by atoms with E-state index in [1.165, 1.54) is 32.1 Å². The first-order valence-electron chi connectivity index (χ1n) is 7.34. The second-order valence-electron chi connectivity index (χ2n) is 6.20. The molecule has 0 heterocycles. The van der Waals surface area contributed by atoms with Gasteiger partial charge in [0.15, 0.2) is 0 Å². The average molecular weight is 270 g/mol. The maximum atomic E-state index is 5.55. The van der Waals surface area contributed by atoms with E-state index < -0.39 is 0 Å². The smallest absolute Gasteiger partial charge is 0.205 e. The zero-order chi connectivity index (χ0) is 14.1. The molecule has 112 valence electrons. The molecule has 0 spiro atoms. The number of guanidine groups is 1. The van der Waals surface area contributed by atoms with E-state index >= 15 is 0 Å². The van der Waals surface area contributed by atoms with Crippen LogP contribution in [-0.2, 0) is 4.74 Å². The zero-order valence-electron chi connectivity index (χ0n) is 12.7. The van der Waals surface area contributed by atoms with Gasteiger partial charge in [0, 0.05) is 26.3 Å². The third-order valence-corrected chi connectivity index (χ3v) is 3.73. The van der Waals surface area contributed by atoms with Crippen molar-refractivity contribution in [2.75, 3.05) is 20.3 Å². The van der Waals surface area contributed by atoms with E-state index in [9.17, 15) is 0 Å². The van der Waals surface area contributed by atoms with Crippen molar-refractivity contribution in [3.05, 3.63) is 0 Å². The lowest BCUT2D eigenvalue weighted by molar-refractivity contribution is 0.155. The summed E-state index contributed by atoms with van der Waals surface area (Å²) in [4.78, 5) is 4.57. The molecule has 19 heavy (non-hydrogen) atoms. The molecule has 0 aliphatic heterocycles. The highest BCUT2D eigenvalue weighted by molar-refractivity contribution is 5.79. The Morgan fingerprint density at radius 3 is 2.58 bits per heavy atom. The molecule has 4 N–H and O–H groups in total. The van der Waals surface area contributed by atoms with E-state index in [-0.39, 0.29) is 5.41 Å². The number of hydrazine groups is 1. The Morgan fingerprint density at radius 1 is 1.32 bits per heavy atom. The van der Waals surface area contributed by atoms with Gasteiger partial charge in [-0.2, -0.15) is 0 Å². The topological polar surface area (TPSA) is 71.7 Å². The van der Waals surface area contributed by atoms with Crippen LogP contribution in [-0.4, -0.2) is 32.3 Å². The molecular formula is C14H30N4O. The maximum absolute atomic E-state index is 5.55. The minimum absolute atomic E-state index is 0.131. The highest BCUT2D eigenvalue weighted by Crippen LogP contribution is 2.21. The van der Waals surface area contributed by atoms with Crippen molar-refractivity contribution in [3.8, 4) is 0 Å². The van der Waals surface area contributed by atoms with Crippen LogP contribution in [0.5, 0.6) is 0 Å². The fraction of sp³-hybridized carbons (Fsp3) is 0.929. The monoisotopic (exact) mass is 270 g/mol. The van der Waals surface area contributed by atoms with Crippen molar-refractivity contribution in [2.24, 2.45) is 16.3 Å². The van der Waals surface area contributed by atoms with Gasteiger partial charge >= 0.3 is 0 Å². The molecular weight excluding hydrogens is 240 g/mol. The molecule has 1 aliphatic rings. The Bertz CT molecular complexity index is 273. The van der Waals surface area contributed by atoms with Crippen LogP contribution >= 0.6 is 0 Å². The summed E-state index contributed by atoms with van der Waals surface area (Å²) in [7, 11) is 1.73. The average Bonchev–Trinajstić information content (AvgIpc) is 2.42. The van der Waals surface area contributed by atoms with Gasteiger partial charge in [0.25, 0.3) is 0 Å². The summed E-state index contributed by atoms with van der Waals surface area (Å²) in [6.07, 6.45) is 7.38. The number of nitrogens with one attached hydrogen (secondary N) is 2. The summed E-state index contributed by atoms with van der Waals surface area (Å²) < 4.78 is 5.13. The third kappa shape index (κ3) is 6.78. The molecule has 0 unspecified atom stereocenters. The van der Waals surface area contributed by atoms with Crippen molar-refractivity contribution in [2.45, 2.75) is 58.4 Å². The second kappa shape index (κ2) is 8.38. The Kier molecular flexibility index (Phi) is 7.16. The van der Waals surface area contributed by atoms with E-state index in [0.717, 1.165) is 25.5 Å². The largest absolute Gasteiger partial charge is 0.385 e. The van der Waals surface area contributed by atoms with Gasteiger partial charge in [0.2, 0.25) is 5.96 Å². The van der Waals surface area contributed by atoms with Crippen LogP contribution in [0.2, 0.25) is 0 Å². The van der Waals surface area contributed by atoms with Crippen LogP contribution < -0.4 is 16.6 Å². The van der Waals surface area contributed by atoms with Gasteiger partial charge in [-0.3, -0.25) is 10.4 Å². The molecule has 1 rings (SSSR count). The first-order valence-corrected chi connectivity index (χ1v) is 7.34. The molecule has 0 amide bonds. The standard InChI is InChI=1S/C14H30N4O/c1-14(2,9-10-19-3)11-16-13(18-15)17-12-7-5-4-6-8-12/h12H,4-11,15H2,1-3H3,(H2,16,17,18). The van der Waals surface area contributed by atoms with Gasteiger partial charge < -0.3 is 10.1 Å². The van der Waals surface area contributed by atoms with Crippen LogP contribution in [0, 0.1) is 5.41 Å². The highest BCUT2D eigenvalue weighted by atomic mass is 16.5. The number of nitrogens with two attached hydrogens (primary N) is 1. The molecule has 5 nitrogen and oxygen atoms in total. The number of methoxy groups -OCH3 is 1. The molecule has 1 fully saturated rings. The Labute approximate surface area is 117 Å². The van der Waals surface area contributed by atoms with Crippen molar-refractivity contribution < 1.29 is 4.74 Å². The third-order valence-electron chi connectivity index (χ3n) is 3.73. The predicted molar refractivity (Wildman–Crippen MR) is 79.9 cm³/mol. The zero-order valence-corrected chi connectivity index (χ0v) is 12.7. The quantitative estimate of drug-likeness (QED) is 0.298. The molecule has 0 aromatic carbocycles. The fourth-order valence-electron chi connectivity index (χ4n) is 2.32. The van der Waals surface area contributed by atoms with Crippen molar-refractivity contribution in [1.82, 2.24) is 10.7 Å². The van der Waals surface area contributed by atoms with E-state index in [1.807, 2.05) is 0 Å². The number of nitrogens with zero attached hydrogens (tertiary/aromatic N) is 1. The van der Waals surface area contributed by atoms with E-state index in [1.54, 1.807) is 7.11 Å². The van der Waals surface area contributed by atoms with E-state index in [0.29, 0.717) is 6.04 Å². The molecule has 0 atom stereocenters. The summed E-state index contributed by atoms with van der Waals surface area (Å²) in [6, 6.07) is 0.519. The summed E-state index contributed by atoms with van der Waals surface area (Å²) in [5, 5.41) is 3.42. The SMILES string of the molecule is COCCC(C)(C)CN=C(NN)NC1CCCCC1. The first-order chi connectivity index (χ1) is 9.07. The lowest BCUT2D eigenvalue weighted by Gasteiger charge is -2.26. The predicted octanol–water partition coefficient (Wildman–Crippen LogP) is 1.79. The van der Waals surface area contributed by atoms with Crippen LogP contribution in [0.15, 0.2) is 4.99 Å². The van der Waals surface area contributed by atoms with Gasteiger partial charge in [0.1, 0.15) is 0 Å². The summed E-state index contributed by atoms with van der Waals surface area (Å²) in [5.74, 6) is 6.27. The van der Waals surface area contributed by atoms with Gasteiger partial charge in [-0.05, 0) is 24.7 Å². The normalized spacial score (nSPS) is 18.4. The molecule has 1 saturated carbocycles. The summed E-state index contributed by atoms with van der Waals surface area (Å²) in [5.41, 5.74) is 2.82. The van der Waals surface area contributed by atoms with Crippen LogP contribution in [0.4, 0.5) is 0 Å². The Morgan fingerprint density at radius 2 is 2.00 bits per heavy atom. The second-order valence-corrected chi connectivity index (χ2v) is 6.20. The van der Waals surface area contributed by atoms with E-state index in [2.05, 4.69) is 29.6 Å². The van der Waals surface area contributed by atoms with Gasteiger partial charge in [-0.1, -0.05) is 33.1 Å². The van der Waals surface area contributed by atoms with Crippen LogP contribution in [0.25, 0.3) is 0 Å². The first kappa shape index (κ1) is 16.2. The van der Waals surface area contributed by atoms with Crippen molar-refractivity contribution >= 4 is 5.96 Å². The lowest BCUT2D eigenvalue weighted by Crippen LogP contribution is -2.47. The van der Waals surface area contributed by atoms with Gasteiger partial charge in [0.05, 0.1) is 0 Å². The number of hydrogen-bond acceptors (Lipinski definition) is 3. The van der Waals surface area contributed by atoms with Crippen molar-refractivity contribution in [3.63, 3.8) is 0 Å². The molecule has 0 aromatic heterocycles. The molecule has 0 saturated heterocycles. The van der Waals surface area contributed by atoms with Gasteiger partial charge in [-0.15, -0.1) is 0 Å². The molecule has 0 bridgehead atoms. The summed E-state index contributed by atoms with van der Waals surface area (Å²) >= 11 is 0. The number of aliphatic imine (C=N–C) groups is 1. The van der Waals surface area contributed by atoms with Crippen LogP contribution in [0.3, 0.4) is 0 Å². The maximum Gasteiger partial charge on any atom is 0.205 e. The molecule has 0 aromatic rings. The Hall–Kier alpha value is -0.810. The number of rotatable bonds is 6. The molecule has 0 radical (unpaired) electrons. The molecule has 5 heteroatoms. The number of hydrogen-bond donors (Lipinski definition) is 3. The highest BCUT2D eigenvalue weighted by Gasteiger charge is 2.18. The Balaban J connectivity index is 2.41. The minimum Gasteiger partial charge on any atom is -0.385 e. The van der Waals surface area contributed by atoms with Crippen molar-refractivity contribution in [1.29, 1.82) is 0 Å².